The van der Waals surface area contributed by atoms with Gasteiger partial charge in [0.1, 0.15) is 0 Å². The first-order valence-corrected chi connectivity index (χ1v) is 5.45. The van der Waals surface area contributed by atoms with Gasteiger partial charge in [-0.2, -0.15) is 0 Å². The second-order valence-electron chi connectivity index (χ2n) is 4.32. The highest BCUT2D eigenvalue weighted by molar-refractivity contribution is 5.81. The van der Waals surface area contributed by atoms with Gasteiger partial charge in [0.25, 0.3) is 0 Å². The van der Waals surface area contributed by atoms with Crippen LogP contribution >= 0.6 is 0 Å². The van der Waals surface area contributed by atoms with Gasteiger partial charge in [-0.3, -0.25) is 9.59 Å². The van der Waals surface area contributed by atoms with E-state index in [4.69, 9.17) is 9.84 Å². The molecule has 1 saturated carbocycles. The van der Waals surface area contributed by atoms with Crippen molar-refractivity contribution in [1.29, 1.82) is 0 Å². The predicted octanol–water partition coefficient (Wildman–Crippen LogP) is 1.83. The molecule has 0 amide bonds. The molecule has 4 nitrogen and oxygen atoms in total. The lowest BCUT2D eigenvalue weighted by Gasteiger charge is -2.27. The largest absolute Gasteiger partial charge is 0.481 e. The van der Waals surface area contributed by atoms with Gasteiger partial charge in [0.2, 0.25) is 0 Å². The topological polar surface area (TPSA) is 63.6 Å². The molecule has 0 aromatic carbocycles. The van der Waals surface area contributed by atoms with Crippen molar-refractivity contribution >= 4 is 11.9 Å². The van der Waals surface area contributed by atoms with E-state index >= 15 is 0 Å². The number of carbonyl (C=O) groups excluding carboxylic acids is 1. The Kier molecular flexibility index (Phi) is 4.12. The van der Waals surface area contributed by atoms with Crippen LogP contribution in [0.15, 0.2) is 0 Å². The van der Waals surface area contributed by atoms with Crippen molar-refractivity contribution in [3.05, 3.63) is 0 Å². The number of aliphatic carboxylic acids is 1. The highest BCUT2D eigenvalue weighted by atomic mass is 16.5. The van der Waals surface area contributed by atoms with Crippen LogP contribution in [0.5, 0.6) is 0 Å². The van der Waals surface area contributed by atoms with Crippen LogP contribution in [0.4, 0.5) is 0 Å². The van der Waals surface area contributed by atoms with Crippen molar-refractivity contribution in [2.75, 3.05) is 0 Å². The lowest BCUT2D eigenvalue weighted by molar-refractivity contribution is -0.162. The molecule has 0 unspecified atom stereocenters. The van der Waals surface area contributed by atoms with Gasteiger partial charge in [-0.25, -0.2) is 0 Å². The Bertz CT molecular complexity index is 247. The second-order valence-corrected chi connectivity index (χ2v) is 4.32. The molecule has 1 N–H and O–H groups in total. The minimum Gasteiger partial charge on any atom is -0.481 e. The number of ether oxygens (including phenoxy) is 1. The smallest absolute Gasteiger partial charge is 0.310 e. The zero-order chi connectivity index (χ0) is 11.4. The summed E-state index contributed by atoms with van der Waals surface area (Å²) in [7, 11) is 0. The Morgan fingerprint density at radius 1 is 1.20 bits per heavy atom. The molecule has 1 rings (SSSR count). The lowest BCUT2D eigenvalue weighted by atomic mass is 9.79. The van der Waals surface area contributed by atoms with Gasteiger partial charge in [0.05, 0.1) is 17.9 Å². The molecule has 4 heteroatoms. The summed E-state index contributed by atoms with van der Waals surface area (Å²) in [5.41, 5.74) is 0. The van der Waals surface area contributed by atoms with Crippen LogP contribution in [0.25, 0.3) is 0 Å². The minimum absolute atomic E-state index is 0.172. The van der Waals surface area contributed by atoms with Gasteiger partial charge in [0.15, 0.2) is 0 Å². The summed E-state index contributed by atoms with van der Waals surface area (Å²) in [5, 5.41) is 8.98. The maximum Gasteiger partial charge on any atom is 0.310 e. The zero-order valence-electron chi connectivity index (χ0n) is 9.23. The molecule has 86 valence electrons. The number of rotatable bonds is 3. The van der Waals surface area contributed by atoms with Crippen LogP contribution in [0.3, 0.4) is 0 Å². The van der Waals surface area contributed by atoms with Gasteiger partial charge in [-0.15, -0.1) is 0 Å². The quantitative estimate of drug-likeness (QED) is 0.728. The van der Waals surface area contributed by atoms with E-state index in [2.05, 4.69) is 0 Å². The normalized spacial score (nSPS) is 26.3. The van der Waals surface area contributed by atoms with Gasteiger partial charge in [-0.05, 0) is 26.7 Å². The summed E-state index contributed by atoms with van der Waals surface area (Å²) in [6.07, 6.45) is 2.87. The van der Waals surface area contributed by atoms with E-state index in [0.717, 1.165) is 12.8 Å². The first-order chi connectivity index (χ1) is 7.02. The number of carboxylic acid groups (broad SMARTS) is 1. The predicted molar refractivity (Wildman–Crippen MR) is 54.3 cm³/mol. The molecule has 1 aliphatic rings. The third-order valence-electron chi connectivity index (χ3n) is 2.74. The van der Waals surface area contributed by atoms with Crippen LogP contribution in [-0.4, -0.2) is 23.1 Å². The molecule has 0 saturated heterocycles. The SMILES string of the molecule is CC(C)OC(=O)[C@@H]1CCCC[C@@H]1C(=O)O. The standard InChI is InChI=1S/C11H18O4/c1-7(2)15-11(14)9-6-4-3-5-8(9)10(12)13/h7-9H,3-6H2,1-2H3,(H,12,13)/t8-,9+/m0/s1. The highest BCUT2D eigenvalue weighted by Gasteiger charge is 2.36. The average Bonchev–Trinajstić information content (AvgIpc) is 2.16. The number of carboxylic acids is 1. The molecule has 0 aliphatic heterocycles. The molecule has 1 aliphatic carbocycles. The van der Waals surface area contributed by atoms with E-state index in [0.29, 0.717) is 12.8 Å². The second kappa shape index (κ2) is 5.14. The zero-order valence-corrected chi connectivity index (χ0v) is 9.23. The van der Waals surface area contributed by atoms with E-state index in [1.54, 1.807) is 13.8 Å². The van der Waals surface area contributed by atoms with Crippen molar-refractivity contribution in [3.8, 4) is 0 Å². The van der Waals surface area contributed by atoms with E-state index in [-0.39, 0.29) is 12.1 Å². The van der Waals surface area contributed by atoms with Crippen molar-refractivity contribution < 1.29 is 19.4 Å². The highest BCUT2D eigenvalue weighted by Crippen LogP contribution is 2.31. The molecule has 0 aromatic heterocycles. The Hall–Kier alpha value is -1.06. The summed E-state index contributed by atoms with van der Waals surface area (Å²) in [4.78, 5) is 22.6. The third-order valence-corrected chi connectivity index (χ3v) is 2.74. The first-order valence-electron chi connectivity index (χ1n) is 5.45. The molecular formula is C11H18O4. The van der Waals surface area contributed by atoms with Gasteiger partial charge in [0, 0.05) is 0 Å². The molecule has 15 heavy (non-hydrogen) atoms. The first kappa shape index (κ1) is 12.0. The molecule has 0 aromatic rings. The minimum atomic E-state index is -0.875. The van der Waals surface area contributed by atoms with E-state index in [1.807, 2.05) is 0 Å². The molecule has 0 bridgehead atoms. The van der Waals surface area contributed by atoms with Crippen LogP contribution < -0.4 is 0 Å². The van der Waals surface area contributed by atoms with Gasteiger partial charge < -0.3 is 9.84 Å². The summed E-state index contributed by atoms with van der Waals surface area (Å²) in [5.74, 6) is -2.22. The Morgan fingerprint density at radius 3 is 2.20 bits per heavy atom. The number of esters is 1. The van der Waals surface area contributed by atoms with Crippen LogP contribution in [-0.2, 0) is 14.3 Å². The number of hydrogen-bond donors (Lipinski definition) is 1. The van der Waals surface area contributed by atoms with E-state index in [9.17, 15) is 9.59 Å². The molecule has 0 radical (unpaired) electrons. The van der Waals surface area contributed by atoms with Crippen LogP contribution in [0.2, 0.25) is 0 Å². The van der Waals surface area contributed by atoms with E-state index < -0.39 is 17.8 Å². The van der Waals surface area contributed by atoms with Crippen molar-refractivity contribution in [3.63, 3.8) is 0 Å². The molecule has 0 heterocycles. The fourth-order valence-electron chi connectivity index (χ4n) is 2.03. The Balaban J connectivity index is 2.63. The third kappa shape index (κ3) is 3.22. The summed E-state index contributed by atoms with van der Waals surface area (Å²) in [6.45, 7) is 3.55. The van der Waals surface area contributed by atoms with Gasteiger partial charge in [-0.1, -0.05) is 12.8 Å². The van der Waals surface area contributed by atoms with Crippen LogP contribution in [0.1, 0.15) is 39.5 Å². The fraction of sp³-hybridized carbons (Fsp3) is 0.818. The Morgan fingerprint density at radius 2 is 1.73 bits per heavy atom. The molecule has 1 fully saturated rings. The van der Waals surface area contributed by atoms with Crippen molar-refractivity contribution in [2.24, 2.45) is 11.8 Å². The van der Waals surface area contributed by atoms with Crippen LogP contribution in [0, 0.1) is 11.8 Å². The molecular weight excluding hydrogens is 196 g/mol. The maximum absolute atomic E-state index is 11.6. The summed E-state index contributed by atoms with van der Waals surface area (Å²) in [6, 6.07) is 0. The summed E-state index contributed by atoms with van der Waals surface area (Å²) >= 11 is 0. The lowest BCUT2D eigenvalue weighted by Crippen LogP contribution is -2.34. The number of carbonyl (C=O) groups is 2. The average molecular weight is 214 g/mol. The van der Waals surface area contributed by atoms with Crippen molar-refractivity contribution in [2.45, 2.75) is 45.6 Å². The summed E-state index contributed by atoms with van der Waals surface area (Å²) < 4.78 is 5.07. The monoisotopic (exact) mass is 214 g/mol. The maximum atomic E-state index is 11.6. The van der Waals surface area contributed by atoms with Crippen molar-refractivity contribution in [1.82, 2.24) is 0 Å². The fourth-order valence-corrected chi connectivity index (χ4v) is 2.03. The molecule has 2 atom stereocenters. The number of hydrogen-bond acceptors (Lipinski definition) is 3. The molecule has 0 spiro atoms. The van der Waals surface area contributed by atoms with Gasteiger partial charge >= 0.3 is 11.9 Å². The van der Waals surface area contributed by atoms with E-state index in [1.165, 1.54) is 0 Å². The Labute approximate surface area is 89.6 Å².